The molecule has 156 valence electrons. The van der Waals surface area contributed by atoms with Crippen molar-refractivity contribution in [3.05, 3.63) is 46.6 Å². The number of benzene rings is 1. The number of hydrogen-bond acceptors (Lipinski definition) is 4. The number of aromatic nitrogens is 2. The highest BCUT2D eigenvalue weighted by Gasteiger charge is 2.42. The predicted octanol–water partition coefficient (Wildman–Crippen LogP) is 5.14. The van der Waals surface area contributed by atoms with Gasteiger partial charge in [-0.1, -0.05) is 41.7 Å². The largest absolute Gasteiger partial charge is 0.346 e. The van der Waals surface area contributed by atoms with Gasteiger partial charge in [0.1, 0.15) is 0 Å². The molecule has 2 aliphatic rings. The lowest BCUT2D eigenvalue weighted by molar-refractivity contribution is -0.127. The molecule has 29 heavy (non-hydrogen) atoms. The third-order valence-electron chi connectivity index (χ3n) is 6.25. The number of amides is 1. The van der Waals surface area contributed by atoms with Gasteiger partial charge in [0.2, 0.25) is 17.7 Å². The van der Waals surface area contributed by atoms with Crippen molar-refractivity contribution >= 4 is 17.5 Å². The normalized spacial score (nSPS) is 21.2. The Hall–Kier alpha value is -2.02. The van der Waals surface area contributed by atoms with Gasteiger partial charge in [-0.2, -0.15) is 4.98 Å². The molecule has 0 spiro atoms. The van der Waals surface area contributed by atoms with Crippen LogP contribution >= 0.6 is 11.6 Å². The summed E-state index contributed by atoms with van der Waals surface area (Å²) < 4.78 is 31.9. The number of carbonyl (C=O) groups is 1. The van der Waals surface area contributed by atoms with E-state index in [1.165, 1.54) is 0 Å². The first-order valence-electron chi connectivity index (χ1n) is 10.1. The molecular weight excluding hydrogens is 400 g/mol. The third kappa shape index (κ3) is 4.29. The van der Waals surface area contributed by atoms with Gasteiger partial charge in [0, 0.05) is 23.8 Å². The molecular formula is C21H24ClF2N3O2. The van der Waals surface area contributed by atoms with E-state index in [0.717, 1.165) is 31.2 Å². The van der Waals surface area contributed by atoms with Crippen LogP contribution in [0.3, 0.4) is 0 Å². The van der Waals surface area contributed by atoms with Gasteiger partial charge < -0.3 is 9.84 Å². The molecule has 0 aliphatic heterocycles. The van der Waals surface area contributed by atoms with Crippen molar-refractivity contribution in [2.75, 3.05) is 0 Å². The minimum atomic E-state index is -2.59. The molecule has 2 fully saturated rings. The first kappa shape index (κ1) is 20.3. The Morgan fingerprint density at radius 2 is 1.79 bits per heavy atom. The quantitative estimate of drug-likeness (QED) is 0.722. The van der Waals surface area contributed by atoms with Crippen LogP contribution in [0.1, 0.15) is 74.6 Å². The Morgan fingerprint density at radius 1 is 1.14 bits per heavy atom. The number of carbonyl (C=O) groups excluding carboxylic acids is 1. The van der Waals surface area contributed by atoms with Gasteiger partial charge in [0.15, 0.2) is 5.82 Å². The minimum Gasteiger partial charge on any atom is -0.346 e. The highest BCUT2D eigenvalue weighted by atomic mass is 35.5. The predicted molar refractivity (Wildman–Crippen MR) is 104 cm³/mol. The lowest BCUT2D eigenvalue weighted by atomic mass is 9.78. The van der Waals surface area contributed by atoms with E-state index in [-0.39, 0.29) is 31.2 Å². The Balaban J connectivity index is 1.40. The molecule has 2 aliphatic carbocycles. The Morgan fingerprint density at radius 3 is 2.45 bits per heavy atom. The minimum absolute atomic E-state index is 0.0608. The number of alkyl halides is 2. The Bertz CT molecular complexity index is 853. The molecule has 4 rings (SSSR count). The topological polar surface area (TPSA) is 68.0 Å². The highest BCUT2D eigenvalue weighted by Crippen LogP contribution is 2.42. The Kier molecular flexibility index (Phi) is 5.60. The molecule has 1 N–H and O–H groups in total. The van der Waals surface area contributed by atoms with Gasteiger partial charge in [-0.25, -0.2) is 8.78 Å². The van der Waals surface area contributed by atoms with E-state index < -0.39 is 11.3 Å². The van der Waals surface area contributed by atoms with E-state index in [4.69, 9.17) is 16.1 Å². The molecule has 1 amide bonds. The molecule has 1 aromatic heterocycles. The third-order valence-corrected chi connectivity index (χ3v) is 6.51. The maximum Gasteiger partial charge on any atom is 0.248 e. The van der Waals surface area contributed by atoms with Crippen LogP contribution in [0.15, 0.2) is 28.8 Å². The molecule has 2 saturated carbocycles. The van der Waals surface area contributed by atoms with Crippen LogP contribution in [0.25, 0.3) is 0 Å². The summed E-state index contributed by atoms with van der Waals surface area (Å²) in [6.45, 7) is 0.129. The molecule has 5 nitrogen and oxygen atoms in total. The van der Waals surface area contributed by atoms with Crippen molar-refractivity contribution in [3.8, 4) is 0 Å². The smallest absolute Gasteiger partial charge is 0.248 e. The molecule has 2 aromatic rings. The Labute approximate surface area is 173 Å². The molecule has 0 radical (unpaired) electrons. The second kappa shape index (κ2) is 8.01. The number of rotatable bonds is 5. The summed E-state index contributed by atoms with van der Waals surface area (Å²) in [5.74, 6) is -2.01. The standard InChI is InChI=1S/C21H24ClF2N3O2/c22-16-5-3-15(4-6-16)20(9-1-2-10-20)19(28)25-13-17-26-18(27-29-17)14-7-11-21(23,24)12-8-14/h3-6,14H,1-2,7-13H2,(H,25,28). The summed E-state index contributed by atoms with van der Waals surface area (Å²) in [4.78, 5) is 17.4. The lowest BCUT2D eigenvalue weighted by Crippen LogP contribution is -2.42. The number of nitrogens with one attached hydrogen (secondary N) is 1. The van der Waals surface area contributed by atoms with Crippen LogP contribution in [0.2, 0.25) is 5.02 Å². The number of hydrogen-bond donors (Lipinski definition) is 1. The van der Waals surface area contributed by atoms with Gasteiger partial charge in [0.05, 0.1) is 12.0 Å². The van der Waals surface area contributed by atoms with Crippen molar-refractivity contribution in [2.45, 2.75) is 75.2 Å². The summed E-state index contributed by atoms with van der Waals surface area (Å²) in [6, 6.07) is 7.44. The molecule has 8 heteroatoms. The number of nitrogens with zero attached hydrogens (tertiary/aromatic N) is 2. The number of halogens is 3. The average molecular weight is 424 g/mol. The second-order valence-corrected chi connectivity index (χ2v) is 8.59. The van der Waals surface area contributed by atoms with Crippen LogP contribution in [0, 0.1) is 0 Å². The molecule has 1 heterocycles. The van der Waals surface area contributed by atoms with Crippen LogP contribution in [-0.2, 0) is 16.8 Å². The van der Waals surface area contributed by atoms with Crippen molar-refractivity contribution < 1.29 is 18.1 Å². The lowest BCUT2D eigenvalue weighted by Gasteiger charge is -2.28. The first-order valence-corrected chi connectivity index (χ1v) is 10.5. The summed E-state index contributed by atoms with van der Waals surface area (Å²) in [6.07, 6.45) is 3.94. The van der Waals surface area contributed by atoms with Crippen molar-refractivity contribution in [3.63, 3.8) is 0 Å². The van der Waals surface area contributed by atoms with Gasteiger partial charge >= 0.3 is 0 Å². The molecule has 0 unspecified atom stereocenters. The van der Waals surface area contributed by atoms with E-state index in [9.17, 15) is 13.6 Å². The van der Waals surface area contributed by atoms with Gasteiger partial charge in [-0.3, -0.25) is 4.79 Å². The van der Waals surface area contributed by atoms with E-state index in [0.29, 0.717) is 29.6 Å². The van der Waals surface area contributed by atoms with Crippen molar-refractivity contribution in [1.82, 2.24) is 15.5 Å². The van der Waals surface area contributed by atoms with E-state index in [2.05, 4.69) is 15.5 Å². The maximum atomic E-state index is 13.3. The first-order chi connectivity index (χ1) is 13.9. The summed E-state index contributed by atoms with van der Waals surface area (Å²) in [5, 5.41) is 7.53. The second-order valence-electron chi connectivity index (χ2n) is 8.16. The van der Waals surface area contributed by atoms with E-state index in [1.807, 2.05) is 24.3 Å². The molecule has 1 aromatic carbocycles. The summed E-state index contributed by atoms with van der Waals surface area (Å²) >= 11 is 6.00. The van der Waals surface area contributed by atoms with Crippen LogP contribution in [0.5, 0.6) is 0 Å². The molecule has 0 bridgehead atoms. The van der Waals surface area contributed by atoms with E-state index >= 15 is 0 Å². The van der Waals surface area contributed by atoms with Gasteiger partial charge in [-0.05, 0) is 43.4 Å². The summed E-state index contributed by atoms with van der Waals surface area (Å²) in [5.41, 5.74) is 0.397. The average Bonchev–Trinajstić information content (AvgIpc) is 3.37. The maximum absolute atomic E-state index is 13.3. The SMILES string of the molecule is O=C(NCc1nc(C2CCC(F)(F)CC2)no1)C1(c2ccc(Cl)cc2)CCCC1. The zero-order chi connectivity index (χ0) is 20.5. The summed E-state index contributed by atoms with van der Waals surface area (Å²) in [7, 11) is 0. The van der Waals surface area contributed by atoms with Crippen molar-refractivity contribution in [1.29, 1.82) is 0 Å². The molecule has 0 atom stereocenters. The van der Waals surface area contributed by atoms with E-state index in [1.54, 1.807) is 0 Å². The van der Waals surface area contributed by atoms with Crippen LogP contribution in [-0.4, -0.2) is 22.0 Å². The van der Waals surface area contributed by atoms with Gasteiger partial charge in [-0.15, -0.1) is 0 Å². The highest BCUT2D eigenvalue weighted by molar-refractivity contribution is 6.30. The fourth-order valence-corrected chi connectivity index (χ4v) is 4.65. The zero-order valence-electron chi connectivity index (χ0n) is 16.1. The fourth-order valence-electron chi connectivity index (χ4n) is 4.52. The van der Waals surface area contributed by atoms with Crippen LogP contribution in [0.4, 0.5) is 8.78 Å². The van der Waals surface area contributed by atoms with Gasteiger partial charge in [0.25, 0.3) is 0 Å². The zero-order valence-corrected chi connectivity index (χ0v) is 16.9. The molecule has 0 saturated heterocycles. The fraction of sp³-hybridized carbons (Fsp3) is 0.571. The monoisotopic (exact) mass is 423 g/mol. The van der Waals surface area contributed by atoms with Crippen molar-refractivity contribution in [2.24, 2.45) is 0 Å². The van der Waals surface area contributed by atoms with Crippen LogP contribution < -0.4 is 5.32 Å².